The second kappa shape index (κ2) is 8.67. The minimum absolute atomic E-state index is 0.00237. The van der Waals surface area contributed by atoms with Gasteiger partial charge in [-0.15, -0.1) is 0 Å². The first kappa shape index (κ1) is 19.0. The SMILES string of the molecule is CN(CCC1CCCCN1C)Cc1ccc(OCC(F)(F)F)nc1. The maximum atomic E-state index is 12.1. The summed E-state index contributed by atoms with van der Waals surface area (Å²) in [6.45, 7) is 1.58. The fourth-order valence-corrected chi connectivity index (χ4v) is 3.01. The lowest BCUT2D eigenvalue weighted by Crippen LogP contribution is -2.38. The van der Waals surface area contributed by atoms with Crippen molar-refractivity contribution in [3.8, 4) is 5.88 Å². The second-order valence-electron chi connectivity index (χ2n) is 6.57. The van der Waals surface area contributed by atoms with Crippen LogP contribution in [0.5, 0.6) is 5.88 Å². The minimum Gasteiger partial charge on any atom is -0.468 e. The van der Waals surface area contributed by atoms with E-state index in [1.165, 1.54) is 31.9 Å². The van der Waals surface area contributed by atoms with Crippen LogP contribution in [0.25, 0.3) is 0 Å². The van der Waals surface area contributed by atoms with E-state index in [2.05, 4.69) is 33.6 Å². The molecule has 0 radical (unpaired) electrons. The van der Waals surface area contributed by atoms with Crippen LogP contribution in [0.4, 0.5) is 13.2 Å². The van der Waals surface area contributed by atoms with Gasteiger partial charge in [0.25, 0.3) is 0 Å². The highest BCUT2D eigenvalue weighted by Gasteiger charge is 2.28. The summed E-state index contributed by atoms with van der Waals surface area (Å²) in [7, 11) is 4.24. The van der Waals surface area contributed by atoms with E-state index in [1.807, 2.05) is 0 Å². The molecule has 24 heavy (non-hydrogen) atoms. The van der Waals surface area contributed by atoms with Gasteiger partial charge >= 0.3 is 6.18 Å². The molecule has 0 amide bonds. The topological polar surface area (TPSA) is 28.6 Å². The van der Waals surface area contributed by atoms with Crippen molar-refractivity contribution in [1.29, 1.82) is 0 Å². The van der Waals surface area contributed by atoms with Gasteiger partial charge in [0, 0.05) is 24.8 Å². The Morgan fingerprint density at radius 3 is 2.75 bits per heavy atom. The first-order valence-electron chi connectivity index (χ1n) is 8.37. The molecule has 7 heteroatoms. The molecule has 2 rings (SSSR count). The summed E-state index contributed by atoms with van der Waals surface area (Å²) in [5.41, 5.74) is 0.967. The Kier molecular flexibility index (Phi) is 6.86. The van der Waals surface area contributed by atoms with Gasteiger partial charge in [-0.25, -0.2) is 4.98 Å². The lowest BCUT2D eigenvalue weighted by molar-refractivity contribution is -0.154. The molecule has 136 valence electrons. The highest BCUT2D eigenvalue weighted by Crippen LogP contribution is 2.19. The molecule has 1 unspecified atom stereocenters. The predicted molar refractivity (Wildman–Crippen MR) is 87.0 cm³/mol. The lowest BCUT2D eigenvalue weighted by atomic mass is 10.00. The normalized spacial score (nSPS) is 19.7. The molecule has 1 atom stereocenters. The summed E-state index contributed by atoms with van der Waals surface area (Å²) < 4.78 is 40.9. The summed E-state index contributed by atoms with van der Waals surface area (Å²) >= 11 is 0. The van der Waals surface area contributed by atoms with Gasteiger partial charge in [0.2, 0.25) is 5.88 Å². The Morgan fingerprint density at radius 1 is 1.33 bits per heavy atom. The standard InChI is InChI=1S/C17H26F3N3O/c1-22(10-8-15-5-3-4-9-23(15)2)12-14-6-7-16(21-11-14)24-13-17(18,19)20/h6-7,11,15H,3-5,8-10,12-13H2,1-2H3. The van der Waals surface area contributed by atoms with Crippen molar-refractivity contribution in [2.75, 3.05) is 33.8 Å². The summed E-state index contributed by atoms with van der Waals surface area (Å²) in [5.74, 6) is 0.00237. The van der Waals surface area contributed by atoms with Crippen molar-refractivity contribution in [2.45, 2.75) is 44.4 Å². The third kappa shape index (κ3) is 6.65. The predicted octanol–water partition coefficient (Wildman–Crippen LogP) is 3.33. The van der Waals surface area contributed by atoms with E-state index in [0.29, 0.717) is 6.04 Å². The van der Waals surface area contributed by atoms with Crippen LogP contribution in [0.2, 0.25) is 0 Å². The Morgan fingerprint density at radius 2 is 2.12 bits per heavy atom. The van der Waals surface area contributed by atoms with E-state index in [9.17, 15) is 13.2 Å². The van der Waals surface area contributed by atoms with Crippen LogP contribution >= 0.6 is 0 Å². The average molecular weight is 345 g/mol. The lowest BCUT2D eigenvalue weighted by Gasteiger charge is -2.33. The number of alkyl halides is 3. The highest BCUT2D eigenvalue weighted by molar-refractivity contribution is 5.17. The van der Waals surface area contributed by atoms with E-state index < -0.39 is 12.8 Å². The number of halogens is 3. The number of rotatable bonds is 7. The number of hydrogen-bond acceptors (Lipinski definition) is 4. The maximum absolute atomic E-state index is 12.1. The Hall–Kier alpha value is -1.34. The Bertz CT molecular complexity index is 493. The third-order valence-electron chi connectivity index (χ3n) is 4.40. The van der Waals surface area contributed by atoms with Crippen LogP contribution in [0, 0.1) is 0 Å². The average Bonchev–Trinajstić information content (AvgIpc) is 2.53. The van der Waals surface area contributed by atoms with Crippen molar-refractivity contribution in [2.24, 2.45) is 0 Å². The number of ether oxygens (including phenoxy) is 1. The molecule has 1 aliphatic heterocycles. The van der Waals surface area contributed by atoms with Gasteiger partial charge in [0.1, 0.15) is 0 Å². The molecule has 2 heterocycles. The van der Waals surface area contributed by atoms with Gasteiger partial charge in [-0.1, -0.05) is 12.5 Å². The van der Waals surface area contributed by atoms with Gasteiger partial charge in [-0.2, -0.15) is 13.2 Å². The van der Waals surface area contributed by atoms with E-state index in [4.69, 9.17) is 0 Å². The molecule has 1 saturated heterocycles. The zero-order valence-corrected chi connectivity index (χ0v) is 14.4. The molecule has 0 aromatic carbocycles. The highest BCUT2D eigenvalue weighted by atomic mass is 19.4. The van der Waals surface area contributed by atoms with Crippen LogP contribution in [-0.2, 0) is 6.54 Å². The first-order valence-corrected chi connectivity index (χ1v) is 8.37. The zero-order valence-electron chi connectivity index (χ0n) is 14.4. The van der Waals surface area contributed by atoms with Crippen molar-refractivity contribution in [1.82, 2.24) is 14.8 Å². The number of piperidine rings is 1. The third-order valence-corrected chi connectivity index (χ3v) is 4.40. The molecule has 1 aromatic rings. The van der Waals surface area contributed by atoms with Crippen LogP contribution < -0.4 is 4.74 Å². The van der Waals surface area contributed by atoms with Gasteiger partial charge in [0.15, 0.2) is 6.61 Å². The van der Waals surface area contributed by atoms with Crippen LogP contribution in [-0.4, -0.2) is 60.8 Å². The number of likely N-dealkylation sites (tertiary alicyclic amines) is 1. The van der Waals surface area contributed by atoms with Crippen LogP contribution in [0.3, 0.4) is 0 Å². The van der Waals surface area contributed by atoms with Crippen molar-refractivity contribution in [3.05, 3.63) is 23.9 Å². The number of aromatic nitrogens is 1. The Balaban J connectivity index is 1.74. The number of nitrogens with zero attached hydrogens (tertiary/aromatic N) is 3. The molecule has 4 nitrogen and oxygen atoms in total. The fraction of sp³-hybridized carbons (Fsp3) is 0.706. The van der Waals surface area contributed by atoms with Crippen LogP contribution in [0.1, 0.15) is 31.2 Å². The molecule has 1 aliphatic rings. The molecule has 0 saturated carbocycles. The smallest absolute Gasteiger partial charge is 0.422 e. The number of pyridine rings is 1. The van der Waals surface area contributed by atoms with Gasteiger partial charge < -0.3 is 14.5 Å². The van der Waals surface area contributed by atoms with Gasteiger partial charge in [0.05, 0.1) is 0 Å². The molecule has 1 fully saturated rings. The fourth-order valence-electron chi connectivity index (χ4n) is 3.01. The minimum atomic E-state index is -4.34. The van der Waals surface area contributed by atoms with Crippen molar-refractivity contribution < 1.29 is 17.9 Å². The quantitative estimate of drug-likeness (QED) is 0.758. The molecular weight excluding hydrogens is 319 g/mol. The molecule has 0 spiro atoms. The van der Waals surface area contributed by atoms with Crippen molar-refractivity contribution >= 4 is 0 Å². The van der Waals surface area contributed by atoms with E-state index in [0.717, 1.165) is 25.1 Å². The van der Waals surface area contributed by atoms with Gasteiger partial charge in [-0.3, -0.25) is 0 Å². The molecule has 0 N–H and O–H groups in total. The monoisotopic (exact) mass is 345 g/mol. The molecule has 0 bridgehead atoms. The van der Waals surface area contributed by atoms with E-state index in [-0.39, 0.29) is 5.88 Å². The molecule has 0 aliphatic carbocycles. The number of hydrogen-bond donors (Lipinski definition) is 0. The van der Waals surface area contributed by atoms with E-state index in [1.54, 1.807) is 12.3 Å². The first-order chi connectivity index (χ1) is 11.3. The second-order valence-corrected chi connectivity index (χ2v) is 6.57. The summed E-state index contributed by atoms with van der Waals surface area (Å²) in [4.78, 5) is 8.59. The van der Waals surface area contributed by atoms with Crippen LogP contribution in [0.15, 0.2) is 18.3 Å². The maximum Gasteiger partial charge on any atom is 0.422 e. The van der Waals surface area contributed by atoms with Gasteiger partial charge in [-0.05, 0) is 52.0 Å². The Labute approximate surface area is 141 Å². The molecule has 1 aromatic heterocycles. The van der Waals surface area contributed by atoms with Crippen molar-refractivity contribution in [3.63, 3.8) is 0 Å². The molecular formula is C17H26F3N3O. The summed E-state index contributed by atoms with van der Waals surface area (Å²) in [6, 6.07) is 3.91. The largest absolute Gasteiger partial charge is 0.468 e. The summed E-state index contributed by atoms with van der Waals surface area (Å²) in [5, 5.41) is 0. The van der Waals surface area contributed by atoms with E-state index >= 15 is 0 Å². The summed E-state index contributed by atoms with van der Waals surface area (Å²) in [6.07, 6.45) is 2.23. The zero-order chi connectivity index (χ0) is 17.6.